The first-order valence-corrected chi connectivity index (χ1v) is 10.9. The molecule has 9 nitrogen and oxygen atoms in total. The van der Waals surface area contributed by atoms with Gasteiger partial charge >= 0.3 is 0 Å². The van der Waals surface area contributed by atoms with Crippen molar-refractivity contribution in [3.63, 3.8) is 0 Å². The quantitative estimate of drug-likeness (QED) is 0.558. The summed E-state index contributed by atoms with van der Waals surface area (Å²) in [7, 11) is 1.53. The van der Waals surface area contributed by atoms with Crippen molar-refractivity contribution in [3.05, 3.63) is 51.4 Å². The normalized spacial score (nSPS) is 24.6. The number of methoxy groups -OCH3 is 1. The Bertz CT molecular complexity index is 1450. The van der Waals surface area contributed by atoms with E-state index in [0.29, 0.717) is 30.1 Å². The number of alkyl halides is 1. The van der Waals surface area contributed by atoms with E-state index in [9.17, 15) is 4.79 Å². The van der Waals surface area contributed by atoms with Crippen LogP contribution in [0.4, 0.5) is 10.2 Å². The average Bonchev–Trinajstić information content (AvgIpc) is 2.84. The fraction of sp³-hybridized carbons (Fsp3) is 0.458. The van der Waals surface area contributed by atoms with Crippen molar-refractivity contribution in [2.24, 2.45) is 0 Å². The van der Waals surface area contributed by atoms with Crippen molar-refractivity contribution in [1.29, 1.82) is 0 Å². The predicted molar refractivity (Wildman–Crippen MR) is 123 cm³/mol. The van der Waals surface area contributed by atoms with E-state index in [1.807, 2.05) is 13.8 Å². The summed E-state index contributed by atoms with van der Waals surface area (Å²) in [6, 6.07) is 5.62. The molecule has 3 aromatic rings. The summed E-state index contributed by atoms with van der Waals surface area (Å²) in [5.74, 6) is 0.730. The Kier molecular flexibility index (Phi) is 4.81. The molecule has 1 aromatic carbocycles. The molecule has 180 valence electrons. The van der Waals surface area contributed by atoms with Gasteiger partial charge in [0.05, 0.1) is 24.3 Å². The third-order valence-electron chi connectivity index (χ3n) is 6.02. The van der Waals surface area contributed by atoms with Crippen LogP contribution >= 0.6 is 0 Å². The first-order valence-electron chi connectivity index (χ1n) is 12.9. The van der Waals surface area contributed by atoms with Gasteiger partial charge in [0.15, 0.2) is 29.1 Å². The SMILES string of the molecule is [2H]C1([2H])Oc2ccc(O[C@H]3CCN(c4nn5c(=O)cc(COC)nc5c(C)c4C)C[C@H]3F)cc2OC1([2H])[2H]. The molecule has 0 spiro atoms. The highest BCUT2D eigenvalue weighted by molar-refractivity contribution is 5.59. The number of aryl methyl sites for hydroxylation is 1. The van der Waals surface area contributed by atoms with Gasteiger partial charge in [0.2, 0.25) is 0 Å². The zero-order valence-corrected chi connectivity index (χ0v) is 19.0. The number of nitrogens with zero attached hydrogens (tertiary/aromatic N) is 4. The maximum absolute atomic E-state index is 15.3. The molecule has 2 aliphatic rings. The molecule has 1 saturated heterocycles. The molecule has 2 aliphatic heterocycles. The molecule has 0 aliphatic carbocycles. The second-order valence-corrected chi connectivity index (χ2v) is 8.25. The van der Waals surface area contributed by atoms with Crippen molar-refractivity contribution >= 4 is 11.5 Å². The molecule has 0 N–H and O–H groups in total. The van der Waals surface area contributed by atoms with Crippen LogP contribution in [0.2, 0.25) is 0 Å². The van der Waals surface area contributed by atoms with E-state index in [2.05, 4.69) is 10.1 Å². The number of benzene rings is 1. The van der Waals surface area contributed by atoms with Crippen molar-refractivity contribution in [2.45, 2.75) is 39.2 Å². The number of fused-ring (bicyclic) bond motifs is 2. The Balaban J connectivity index is 1.34. The van der Waals surface area contributed by atoms with Crippen molar-refractivity contribution in [2.75, 3.05) is 38.2 Å². The van der Waals surface area contributed by atoms with Crippen molar-refractivity contribution in [3.8, 4) is 17.2 Å². The maximum atomic E-state index is 15.3. The molecule has 0 bridgehead atoms. The number of hydrogen-bond acceptors (Lipinski definition) is 8. The Labute approximate surface area is 201 Å². The highest BCUT2D eigenvalue weighted by atomic mass is 19.1. The van der Waals surface area contributed by atoms with Gasteiger partial charge in [-0.2, -0.15) is 4.52 Å². The molecule has 4 heterocycles. The minimum Gasteiger partial charge on any atom is -0.487 e. The number of rotatable bonds is 5. The number of piperidine rings is 1. The maximum Gasteiger partial charge on any atom is 0.274 e. The first-order chi connectivity index (χ1) is 17.9. The lowest BCUT2D eigenvalue weighted by Crippen LogP contribution is -2.48. The van der Waals surface area contributed by atoms with Gasteiger partial charge in [-0.05, 0) is 26.0 Å². The predicted octanol–water partition coefficient (Wildman–Crippen LogP) is 2.62. The highest BCUT2D eigenvalue weighted by Gasteiger charge is 2.33. The van der Waals surface area contributed by atoms with E-state index in [-0.39, 0.29) is 36.0 Å². The summed E-state index contributed by atoms with van der Waals surface area (Å²) in [5, 5.41) is 4.50. The van der Waals surface area contributed by atoms with Crippen LogP contribution in [0.5, 0.6) is 17.2 Å². The average molecular weight is 475 g/mol. The van der Waals surface area contributed by atoms with Crippen molar-refractivity contribution < 1.29 is 28.8 Å². The van der Waals surface area contributed by atoms with Gasteiger partial charge in [0.25, 0.3) is 5.56 Å². The number of halogens is 1. The Hall–Kier alpha value is -3.40. The van der Waals surface area contributed by atoms with Gasteiger partial charge in [-0.3, -0.25) is 4.79 Å². The monoisotopic (exact) mass is 474 g/mol. The van der Waals surface area contributed by atoms with Crippen LogP contribution < -0.4 is 24.7 Å². The first kappa shape index (κ1) is 18.0. The third-order valence-corrected chi connectivity index (χ3v) is 6.02. The molecule has 2 aromatic heterocycles. The summed E-state index contributed by atoms with van der Waals surface area (Å²) in [6.07, 6.45) is -1.87. The largest absolute Gasteiger partial charge is 0.487 e. The molecule has 0 radical (unpaired) electrons. The van der Waals surface area contributed by atoms with Gasteiger partial charge in [-0.1, -0.05) is 0 Å². The molecule has 1 fully saturated rings. The molecule has 5 rings (SSSR count). The second kappa shape index (κ2) is 9.09. The van der Waals surface area contributed by atoms with Crippen molar-refractivity contribution in [1.82, 2.24) is 14.6 Å². The van der Waals surface area contributed by atoms with Crippen LogP contribution in [-0.4, -0.2) is 60.2 Å². The summed E-state index contributed by atoms with van der Waals surface area (Å²) in [4.78, 5) is 19.0. The topological polar surface area (TPSA) is 87.4 Å². The molecular formula is C24H27FN4O5. The lowest BCUT2D eigenvalue weighted by molar-refractivity contribution is 0.0809. The molecule has 10 heteroatoms. The Morgan fingerprint density at radius 3 is 2.76 bits per heavy atom. The number of aromatic nitrogens is 3. The van der Waals surface area contributed by atoms with Crippen LogP contribution in [-0.2, 0) is 11.3 Å². The van der Waals surface area contributed by atoms with Gasteiger partial charge in [0.1, 0.15) is 25.0 Å². The molecular weight excluding hydrogens is 443 g/mol. The second-order valence-electron chi connectivity index (χ2n) is 8.25. The zero-order chi connectivity index (χ0) is 27.4. The smallest absolute Gasteiger partial charge is 0.274 e. The highest BCUT2D eigenvalue weighted by Crippen LogP contribution is 2.35. The van der Waals surface area contributed by atoms with Crippen LogP contribution in [0.15, 0.2) is 29.1 Å². The minimum atomic E-state index is -2.71. The van der Waals surface area contributed by atoms with E-state index >= 15 is 4.39 Å². The number of anilines is 1. The number of ether oxygens (including phenoxy) is 4. The van der Waals surface area contributed by atoms with E-state index in [0.717, 1.165) is 11.1 Å². The molecule has 0 saturated carbocycles. The van der Waals surface area contributed by atoms with E-state index in [1.54, 1.807) is 4.90 Å². The standard InChI is InChI=1S/C24H27FN4O5/c1-14-15(2)24(27-29-22(30)10-16(13-31-3)26-23(14)29)28-7-6-19(18(25)12-28)34-17-4-5-20-21(11-17)33-9-8-32-20/h4-5,10-11,18-19H,6-9,12-13H2,1-3H3/t18-,19+/m1/s1/i8D2,9D2. The fourth-order valence-electron chi connectivity index (χ4n) is 4.15. The van der Waals surface area contributed by atoms with Gasteiger partial charge in [-0.15, -0.1) is 5.10 Å². The van der Waals surface area contributed by atoms with Gasteiger partial charge < -0.3 is 23.8 Å². The van der Waals surface area contributed by atoms with Crippen LogP contribution in [0.3, 0.4) is 0 Å². The van der Waals surface area contributed by atoms with E-state index in [1.165, 1.54) is 35.9 Å². The van der Waals surface area contributed by atoms with Crippen LogP contribution in [0.1, 0.15) is 28.7 Å². The zero-order valence-electron chi connectivity index (χ0n) is 23.0. The van der Waals surface area contributed by atoms with E-state index in [4.69, 9.17) is 24.4 Å². The summed E-state index contributed by atoms with van der Waals surface area (Å²) in [6.45, 7) is -1.06. The van der Waals surface area contributed by atoms with Gasteiger partial charge in [-0.25, -0.2) is 9.37 Å². The Morgan fingerprint density at radius 2 is 2.00 bits per heavy atom. The van der Waals surface area contributed by atoms with Crippen LogP contribution in [0.25, 0.3) is 5.65 Å². The summed E-state index contributed by atoms with van der Waals surface area (Å²) < 4.78 is 68.6. The van der Waals surface area contributed by atoms with Crippen LogP contribution in [0, 0.1) is 13.8 Å². The molecule has 0 amide bonds. The summed E-state index contributed by atoms with van der Waals surface area (Å²) >= 11 is 0. The third kappa shape index (κ3) is 4.13. The summed E-state index contributed by atoms with van der Waals surface area (Å²) in [5.41, 5.74) is 2.14. The number of hydrogen-bond donors (Lipinski definition) is 0. The molecule has 2 atom stereocenters. The van der Waals surface area contributed by atoms with Gasteiger partial charge in [0, 0.05) is 43.3 Å². The minimum absolute atomic E-state index is 0.0132. The lowest BCUT2D eigenvalue weighted by Gasteiger charge is -2.36. The fourth-order valence-corrected chi connectivity index (χ4v) is 4.15. The Morgan fingerprint density at radius 1 is 1.21 bits per heavy atom. The van der Waals surface area contributed by atoms with E-state index < -0.39 is 25.4 Å². The molecule has 0 unspecified atom stereocenters. The molecule has 34 heavy (non-hydrogen) atoms. The lowest BCUT2D eigenvalue weighted by atomic mass is 10.0.